The highest BCUT2D eigenvalue weighted by atomic mass is 32.1. The Morgan fingerprint density at radius 1 is 1.62 bits per heavy atom. The van der Waals surface area contributed by atoms with Gasteiger partial charge in [0.25, 0.3) is 0 Å². The van der Waals surface area contributed by atoms with Crippen LogP contribution in [0, 0.1) is 5.92 Å². The summed E-state index contributed by atoms with van der Waals surface area (Å²) in [5.74, 6) is -0.369. The van der Waals surface area contributed by atoms with Crippen LogP contribution in [0.1, 0.15) is 18.7 Å². The third kappa shape index (κ3) is 2.82. The Morgan fingerprint density at radius 3 is 2.77 bits per heavy atom. The highest BCUT2D eigenvalue weighted by molar-refractivity contribution is 7.13. The van der Waals surface area contributed by atoms with Crippen LogP contribution in [0.4, 0.5) is 0 Å². The molecule has 0 bridgehead atoms. The summed E-state index contributed by atoms with van der Waals surface area (Å²) in [6.45, 7) is 3.55. The average Bonchev–Trinajstić information content (AvgIpc) is 2.52. The van der Waals surface area contributed by atoms with Crippen LogP contribution in [-0.4, -0.2) is 11.1 Å². The minimum Gasteiger partial charge on any atom is -0.415 e. The van der Waals surface area contributed by atoms with Gasteiger partial charge in [-0.25, -0.2) is 0 Å². The van der Waals surface area contributed by atoms with Crippen molar-refractivity contribution in [3.63, 3.8) is 0 Å². The standard InChI is InChI=1S/C9H12O3S/c1-6(2)9(11)12-8-4-3-7(5-10)13-8/h3-4,6,10H,5H2,1-2H3. The van der Waals surface area contributed by atoms with Gasteiger partial charge in [0, 0.05) is 4.88 Å². The molecule has 0 radical (unpaired) electrons. The van der Waals surface area contributed by atoms with Crippen molar-refractivity contribution in [1.29, 1.82) is 0 Å². The van der Waals surface area contributed by atoms with E-state index >= 15 is 0 Å². The number of ether oxygens (including phenoxy) is 1. The number of carbonyl (C=O) groups excluding carboxylic acids is 1. The number of esters is 1. The summed E-state index contributed by atoms with van der Waals surface area (Å²) in [5.41, 5.74) is 0. The summed E-state index contributed by atoms with van der Waals surface area (Å²) in [6.07, 6.45) is 0. The smallest absolute Gasteiger partial charge is 0.314 e. The van der Waals surface area contributed by atoms with Gasteiger partial charge in [-0.15, -0.1) is 11.3 Å². The van der Waals surface area contributed by atoms with Crippen molar-refractivity contribution >= 4 is 17.3 Å². The fourth-order valence-corrected chi connectivity index (χ4v) is 1.43. The first kappa shape index (κ1) is 10.2. The first-order chi connectivity index (χ1) is 6.13. The molecule has 3 nitrogen and oxygen atoms in total. The van der Waals surface area contributed by atoms with Gasteiger partial charge < -0.3 is 9.84 Å². The van der Waals surface area contributed by atoms with E-state index < -0.39 is 0 Å². The molecule has 0 saturated carbocycles. The van der Waals surface area contributed by atoms with E-state index in [4.69, 9.17) is 9.84 Å². The molecule has 0 amide bonds. The third-order valence-electron chi connectivity index (χ3n) is 1.47. The number of thiophene rings is 1. The Hall–Kier alpha value is -0.870. The van der Waals surface area contributed by atoms with E-state index in [1.807, 2.05) is 0 Å². The van der Waals surface area contributed by atoms with E-state index in [9.17, 15) is 4.79 Å². The van der Waals surface area contributed by atoms with Crippen molar-refractivity contribution in [2.75, 3.05) is 0 Å². The number of rotatable bonds is 3. The average molecular weight is 200 g/mol. The first-order valence-corrected chi connectivity index (χ1v) is 4.86. The normalized spacial score (nSPS) is 10.5. The van der Waals surface area contributed by atoms with Crippen LogP contribution >= 0.6 is 11.3 Å². The number of aliphatic hydroxyl groups is 1. The summed E-state index contributed by atoms with van der Waals surface area (Å²) >= 11 is 1.29. The lowest BCUT2D eigenvalue weighted by Crippen LogP contribution is -2.13. The molecule has 0 aliphatic rings. The molecule has 1 rings (SSSR count). The van der Waals surface area contributed by atoms with Crippen LogP contribution in [0.25, 0.3) is 0 Å². The maximum Gasteiger partial charge on any atom is 0.314 e. The highest BCUT2D eigenvalue weighted by Crippen LogP contribution is 2.24. The molecule has 0 aliphatic carbocycles. The largest absolute Gasteiger partial charge is 0.415 e. The van der Waals surface area contributed by atoms with E-state index in [0.717, 1.165) is 4.88 Å². The number of hydrogen-bond donors (Lipinski definition) is 1. The molecule has 0 saturated heterocycles. The predicted molar refractivity (Wildman–Crippen MR) is 50.7 cm³/mol. The molecule has 0 spiro atoms. The number of aliphatic hydroxyl groups excluding tert-OH is 1. The Bertz CT molecular complexity index is 291. The second-order valence-electron chi connectivity index (χ2n) is 2.95. The van der Waals surface area contributed by atoms with Crippen LogP contribution in [0.15, 0.2) is 12.1 Å². The fraction of sp³-hybridized carbons (Fsp3) is 0.444. The van der Waals surface area contributed by atoms with Gasteiger partial charge in [-0.2, -0.15) is 0 Å². The molecule has 72 valence electrons. The van der Waals surface area contributed by atoms with Gasteiger partial charge in [0.15, 0.2) is 5.06 Å². The van der Waals surface area contributed by atoms with Crippen molar-refractivity contribution < 1.29 is 14.6 Å². The fourth-order valence-electron chi connectivity index (χ4n) is 0.715. The molecule has 13 heavy (non-hydrogen) atoms. The van der Waals surface area contributed by atoms with E-state index in [1.54, 1.807) is 26.0 Å². The molecule has 0 aliphatic heterocycles. The van der Waals surface area contributed by atoms with Crippen molar-refractivity contribution in [2.24, 2.45) is 5.92 Å². The van der Waals surface area contributed by atoms with Crippen LogP contribution in [-0.2, 0) is 11.4 Å². The zero-order valence-electron chi connectivity index (χ0n) is 7.61. The third-order valence-corrected chi connectivity index (χ3v) is 2.41. The van der Waals surface area contributed by atoms with Crippen LogP contribution in [0.2, 0.25) is 0 Å². The topological polar surface area (TPSA) is 46.5 Å². The molecular formula is C9H12O3S. The number of carbonyl (C=O) groups is 1. The molecule has 0 unspecified atom stereocenters. The summed E-state index contributed by atoms with van der Waals surface area (Å²) in [4.78, 5) is 11.9. The molecule has 0 atom stereocenters. The monoisotopic (exact) mass is 200 g/mol. The van der Waals surface area contributed by atoms with Crippen molar-refractivity contribution in [1.82, 2.24) is 0 Å². The van der Waals surface area contributed by atoms with Crippen LogP contribution in [0.3, 0.4) is 0 Å². The summed E-state index contributed by atoms with van der Waals surface area (Å²) < 4.78 is 5.03. The lowest BCUT2D eigenvalue weighted by Gasteiger charge is -2.02. The molecule has 1 N–H and O–H groups in total. The van der Waals surface area contributed by atoms with Gasteiger partial charge in [-0.05, 0) is 12.1 Å². The van der Waals surface area contributed by atoms with Crippen molar-refractivity contribution in [2.45, 2.75) is 20.5 Å². The zero-order valence-corrected chi connectivity index (χ0v) is 8.43. The Labute approximate surface area is 81.0 Å². The molecule has 0 fully saturated rings. The molecule has 0 aromatic carbocycles. The van der Waals surface area contributed by atoms with Gasteiger partial charge in [0.1, 0.15) is 0 Å². The number of hydrogen-bond acceptors (Lipinski definition) is 4. The molecule has 4 heteroatoms. The van der Waals surface area contributed by atoms with Crippen LogP contribution in [0.5, 0.6) is 5.06 Å². The van der Waals surface area contributed by atoms with Crippen LogP contribution < -0.4 is 4.74 Å². The lowest BCUT2D eigenvalue weighted by molar-refractivity contribution is -0.137. The van der Waals surface area contributed by atoms with Gasteiger partial charge in [0.05, 0.1) is 12.5 Å². The van der Waals surface area contributed by atoms with Gasteiger partial charge in [0.2, 0.25) is 0 Å². The second kappa shape index (κ2) is 4.39. The SMILES string of the molecule is CC(C)C(=O)Oc1ccc(CO)s1. The Balaban J connectivity index is 2.59. The van der Waals surface area contributed by atoms with E-state index in [2.05, 4.69) is 0 Å². The molecular weight excluding hydrogens is 188 g/mol. The Morgan fingerprint density at radius 2 is 2.31 bits per heavy atom. The highest BCUT2D eigenvalue weighted by Gasteiger charge is 2.10. The van der Waals surface area contributed by atoms with Crippen molar-refractivity contribution in [3.05, 3.63) is 17.0 Å². The van der Waals surface area contributed by atoms with Gasteiger partial charge in [-0.3, -0.25) is 4.79 Å². The molecule has 1 aromatic rings. The zero-order chi connectivity index (χ0) is 9.84. The van der Waals surface area contributed by atoms with Crippen molar-refractivity contribution in [3.8, 4) is 5.06 Å². The maximum atomic E-state index is 11.1. The molecule has 1 aromatic heterocycles. The first-order valence-electron chi connectivity index (χ1n) is 4.04. The second-order valence-corrected chi connectivity index (χ2v) is 4.09. The maximum absolute atomic E-state index is 11.1. The minimum atomic E-state index is -0.244. The predicted octanol–water partition coefficient (Wildman–Crippen LogP) is 1.80. The van der Waals surface area contributed by atoms with Gasteiger partial charge in [-0.1, -0.05) is 13.8 Å². The Kier molecular flexibility index (Phi) is 3.45. The summed E-state index contributed by atoms with van der Waals surface area (Å²) in [5, 5.41) is 9.31. The summed E-state index contributed by atoms with van der Waals surface area (Å²) in [6, 6.07) is 3.43. The van der Waals surface area contributed by atoms with E-state index in [1.165, 1.54) is 11.3 Å². The quantitative estimate of drug-likeness (QED) is 0.757. The lowest BCUT2D eigenvalue weighted by atomic mass is 10.2. The minimum absolute atomic E-state index is 0.0100. The molecule has 1 heterocycles. The van der Waals surface area contributed by atoms with E-state index in [0.29, 0.717) is 5.06 Å². The van der Waals surface area contributed by atoms with Gasteiger partial charge >= 0.3 is 5.97 Å². The summed E-state index contributed by atoms with van der Waals surface area (Å²) in [7, 11) is 0. The van der Waals surface area contributed by atoms with E-state index in [-0.39, 0.29) is 18.5 Å².